The summed E-state index contributed by atoms with van der Waals surface area (Å²) in [5.41, 5.74) is 0. The molecule has 3 heteroatoms. The lowest BCUT2D eigenvalue weighted by molar-refractivity contribution is -0.791. The molecule has 0 amide bonds. The number of unbranched alkanes of at least 4 members (excludes halogenated alkanes) is 15. The van der Waals surface area contributed by atoms with Gasteiger partial charge in [0, 0.05) is 0 Å². The average Bonchev–Trinajstić information content (AvgIpc) is 2.53. The maximum absolute atomic E-state index is 2.50. The van der Waals surface area contributed by atoms with Crippen LogP contribution in [-0.2, 0) is 0 Å². The molecule has 26 heavy (non-hydrogen) atoms. The third kappa shape index (κ3) is 16.6. The highest BCUT2D eigenvalue weighted by molar-refractivity contribution is 6.68. The van der Waals surface area contributed by atoms with Crippen LogP contribution in [0, 0.1) is 0 Å². The van der Waals surface area contributed by atoms with E-state index in [4.69, 9.17) is 0 Å². The van der Waals surface area contributed by atoms with Crippen LogP contribution < -0.4 is 12.4 Å². The summed E-state index contributed by atoms with van der Waals surface area (Å²) in [7, 11) is 3.83. The van der Waals surface area contributed by atoms with Crippen LogP contribution in [0.1, 0.15) is 110 Å². The van der Waals surface area contributed by atoms with Crippen LogP contribution in [0.5, 0.6) is 0 Å². The Morgan fingerprint density at radius 3 is 1.04 bits per heavy atom. The molecule has 0 fully saturated rings. The van der Waals surface area contributed by atoms with Crippen molar-refractivity contribution < 1.29 is 16.6 Å². The maximum Gasteiger partial charge on any atom is 0.276 e. The fraction of sp³-hybridized carbons (Fsp3) is 1.00. The van der Waals surface area contributed by atoms with Crippen LogP contribution >= 0.6 is 0 Å². The van der Waals surface area contributed by atoms with Gasteiger partial charge in [-0.3, -0.25) is 0 Å². The van der Waals surface area contributed by atoms with Crippen molar-refractivity contribution in [2.24, 2.45) is 0 Å². The van der Waals surface area contributed by atoms with Gasteiger partial charge in [-0.25, -0.2) is 0 Å². The summed E-state index contributed by atoms with van der Waals surface area (Å²) < 4.78 is 1.28. The Bertz CT molecular complexity index is 286. The molecule has 0 N–H and O–H groups in total. The largest absolute Gasteiger partial charge is 1.00 e. The van der Waals surface area contributed by atoms with Crippen molar-refractivity contribution in [2.45, 2.75) is 129 Å². The van der Waals surface area contributed by atoms with Gasteiger partial charge in [-0.05, 0) is 32.5 Å². The normalized spacial score (nSPS) is 12.2. The van der Waals surface area contributed by atoms with Crippen molar-refractivity contribution in [3.8, 4) is 0 Å². The quantitative estimate of drug-likeness (QED) is 0.218. The van der Waals surface area contributed by atoms with Gasteiger partial charge in [0.2, 0.25) is 0 Å². The van der Waals surface area contributed by atoms with Crippen LogP contribution in [0.4, 0.5) is 0 Å². The predicted molar refractivity (Wildman–Crippen MR) is 120 cm³/mol. The summed E-state index contributed by atoms with van der Waals surface area (Å²) in [6.45, 7) is 11.2. The second-order valence-corrected chi connectivity index (χ2v) is 15.4. The van der Waals surface area contributed by atoms with E-state index in [-0.39, 0.29) is 12.4 Å². The van der Waals surface area contributed by atoms with Gasteiger partial charge < -0.3 is 16.6 Å². The summed E-state index contributed by atoms with van der Waals surface area (Å²) in [4.78, 5) is 0. The Morgan fingerprint density at radius 2 is 0.769 bits per heavy atom. The SMILES string of the molecule is CCCCCCCCCCCCCCCCCC[N+](C)(C)[Si](C)(C)C.[Cl-]. The minimum Gasteiger partial charge on any atom is -1.00 e. The molecule has 0 spiro atoms. The first kappa shape index (κ1) is 28.7. The first-order valence-corrected chi connectivity index (χ1v) is 15.1. The second kappa shape index (κ2) is 17.6. The molecule has 0 aliphatic rings. The molecular weight excluding hydrogens is 354 g/mol. The highest BCUT2D eigenvalue weighted by Crippen LogP contribution is 2.18. The van der Waals surface area contributed by atoms with Crippen LogP contribution in [-0.4, -0.2) is 33.0 Å². The lowest BCUT2D eigenvalue weighted by atomic mass is 10.0. The molecule has 0 unspecified atom stereocenters. The Kier molecular flexibility index (Phi) is 19.4. The molecule has 0 aliphatic carbocycles. The van der Waals surface area contributed by atoms with E-state index in [1.807, 2.05) is 0 Å². The van der Waals surface area contributed by atoms with Gasteiger partial charge in [0.1, 0.15) is 0 Å². The van der Waals surface area contributed by atoms with Gasteiger partial charge in [-0.2, -0.15) is 0 Å². The molecular formula is C23H52ClNSi. The van der Waals surface area contributed by atoms with Crippen molar-refractivity contribution in [2.75, 3.05) is 20.6 Å². The van der Waals surface area contributed by atoms with Crippen LogP contribution in [0.2, 0.25) is 19.6 Å². The third-order valence-corrected chi connectivity index (χ3v) is 10.2. The highest BCUT2D eigenvalue weighted by Gasteiger charge is 2.34. The third-order valence-electron chi connectivity index (χ3n) is 6.39. The minimum atomic E-state index is -1.06. The topological polar surface area (TPSA) is 0 Å². The molecule has 0 aliphatic heterocycles. The van der Waals surface area contributed by atoms with E-state index in [0.29, 0.717) is 0 Å². The van der Waals surface area contributed by atoms with Gasteiger partial charge >= 0.3 is 0 Å². The second-order valence-electron chi connectivity index (χ2n) is 9.88. The summed E-state index contributed by atoms with van der Waals surface area (Å²) in [6, 6.07) is 0. The van der Waals surface area contributed by atoms with Crippen LogP contribution in [0.25, 0.3) is 0 Å². The maximum atomic E-state index is 2.50. The van der Waals surface area contributed by atoms with Crippen molar-refractivity contribution >= 4 is 8.24 Å². The van der Waals surface area contributed by atoms with E-state index < -0.39 is 8.24 Å². The van der Waals surface area contributed by atoms with Gasteiger partial charge in [0.05, 0.1) is 20.6 Å². The van der Waals surface area contributed by atoms with Gasteiger partial charge in [-0.15, -0.1) is 0 Å². The summed E-state index contributed by atoms with van der Waals surface area (Å²) in [6.07, 6.45) is 23.4. The molecule has 0 aromatic rings. The predicted octanol–water partition coefficient (Wildman–Crippen LogP) is 5.16. The Hall–Kier alpha value is 0.467. The summed E-state index contributed by atoms with van der Waals surface area (Å²) in [5.74, 6) is 0. The Balaban J connectivity index is 0. The molecule has 0 aromatic heterocycles. The standard InChI is InChI=1S/C23H52NSi.ClH/c1-7-8-9-10-11-12-13-14-15-16-17-18-19-20-21-22-23-24(2,3)25(4,5)6;/h7-23H2,1-6H3;1H/q+1;/p-1. The fourth-order valence-electron chi connectivity index (χ4n) is 3.39. The number of rotatable bonds is 18. The molecule has 0 rings (SSSR count). The molecule has 0 saturated carbocycles. The van der Waals surface area contributed by atoms with E-state index in [1.54, 1.807) is 0 Å². The monoisotopic (exact) mass is 405 g/mol. The van der Waals surface area contributed by atoms with Gasteiger partial charge in [0.15, 0.2) is 0 Å². The van der Waals surface area contributed by atoms with E-state index in [1.165, 1.54) is 113 Å². The minimum absolute atomic E-state index is 0. The molecule has 0 bridgehead atoms. The van der Waals surface area contributed by atoms with E-state index in [0.717, 1.165) is 0 Å². The number of hydrogen-bond donors (Lipinski definition) is 0. The number of nitrogens with zero attached hydrogens (tertiary/aromatic N) is 1. The lowest BCUT2D eigenvalue weighted by Crippen LogP contribution is -3.00. The van der Waals surface area contributed by atoms with Crippen molar-refractivity contribution in [1.29, 1.82) is 0 Å². The molecule has 1 nitrogen and oxygen atoms in total. The molecule has 160 valence electrons. The van der Waals surface area contributed by atoms with Crippen molar-refractivity contribution in [3.63, 3.8) is 0 Å². The fourth-order valence-corrected chi connectivity index (χ4v) is 4.22. The zero-order valence-electron chi connectivity index (χ0n) is 19.3. The lowest BCUT2D eigenvalue weighted by Gasteiger charge is -2.41. The Labute approximate surface area is 174 Å². The smallest absolute Gasteiger partial charge is 0.276 e. The summed E-state index contributed by atoms with van der Waals surface area (Å²) in [5, 5.41) is 0. The summed E-state index contributed by atoms with van der Waals surface area (Å²) >= 11 is 0. The molecule has 0 heterocycles. The van der Waals surface area contributed by atoms with E-state index >= 15 is 0 Å². The van der Waals surface area contributed by atoms with Crippen LogP contribution in [0.15, 0.2) is 0 Å². The van der Waals surface area contributed by atoms with Gasteiger partial charge in [0.25, 0.3) is 8.24 Å². The zero-order valence-corrected chi connectivity index (χ0v) is 21.1. The number of quaternary nitrogens is 1. The molecule has 0 saturated heterocycles. The number of halogens is 1. The molecule has 0 radical (unpaired) electrons. The number of hydrogen-bond acceptors (Lipinski definition) is 0. The first-order chi connectivity index (χ1) is 11.8. The van der Waals surface area contributed by atoms with Crippen LogP contribution in [0.3, 0.4) is 0 Å². The molecule has 0 atom stereocenters. The zero-order chi connectivity index (χ0) is 19.0. The molecule has 0 aromatic carbocycles. The van der Waals surface area contributed by atoms with E-state index in [2.05, 4.69) is 40.7 Å². The highest BCUT2D eigenvalue weighted by atomic mass is 35.5. The Morgan fingerprint density at radius 1 is 0.500 bits per heavy atom. The first-order valence-electron chi connectivity index (χ1n) is 11.6. The van der Waals surface area contributed by atoms with Crippen molar-refractivity contribution in [3.05, 3.63) is 0 Å². The average molecular weight is 406 g/mol. The van der Waals surface area contributed by atoms with Gasteiger partial charge in [-0.1, -0.05) is 96.8 Å². The van der Waals surface area contributed by atoms with E-state index in [9.17, 15) is 0 Å². The van der Waals surface area contributed by atoms with Crippen molar-refractivity contribution in [1.82, 2.24) is 0 Å².